The van der Waals surface area contributed by atoms with Crippen LogP contribution in [0.2, 0.25) is 0 Å². The van der Waals surface area contributed by atoms with Crippen LogP contribution in [0.5, 0.6) is 0 Å². The first-order valence-electron chi connectivity index (χ1n) is 6.10. The number of piperazine rings is 1. The first-order chi connectivity index (χ1) is 7.83. The average molecular weight is 227 g/mol. The Hall–Kier alpha value is -0.650. The Balaban J connectivity index is 1.74. The molecule has 1 N–H and O–H groups in total. The van der Waals surface area contributed by atoms with E-state index in [1.165, 1.54) is 0 Å². The number of carbonyl (C=O) groups excluding carboxylic acids is 1. The van der Waals surface area contributed by atoms with Crippen LogP contribution in [0.15, 0.2) is 0 Å². The summed E-state index contributed by atoms with van der Waals surface area (Å²) in [5.74, 6) is 0. The van der Waals surface area contributed by atoms with Crippen LogP contribution in [-0.4, -0.2) is 84.7 Å². The zero-order valence-corrected chi connectivity index (χ0v) is 9.72. The number of rotatable bonds is 4. The maximum atomic E-state index is 10.6. The number of hydrogen-bond acceptors (Lipinski definition) is 4. The van der Waals surface area contributed by atoms with Crippen LogP contribution < -0.4 is 0 Å². The summed E-state index contributed by atoms with van der Waals surface area (Å²) in [5.41, 5.74) is 0. The topological polar surface area (TPSA) is 47.0 Å². The standard InChI is InChI=1S/C11H21N3O2/c15-8-7-12-3-5-14(6-4-12)11-1-2-13(9-11)10-16/h10-11,15H,1-9H2/t11-/m0/s1. The molecule has 92 valence electrons. The molecule has 0 bridgehead atoms. The predicted octanol–water partition coefficient (Wildman–Crippen LogP) is -1.17. The molecule has 0 saturated carbocycles. The molecule has 0 aromatic carbocycles. The molecule has 5 nitrogen and oxygen atoms in total. The summed E-state index contributed by atoms with van der Waals surface area (Å²) >= 11 is 0. The molecule has 2 fully saturated rings. The number of nitrogens with zero attached hydrogens (tertiary/aromatic N) is 3. The van der Waals surface area contributed by atoms with E-state index >= 15 is 0 Å². The molecule has 0 aromatic rings. The summed E-state index contributed by atoms with van der Waals surface area (Å²) in [6.07, 6.45) is 2.07. The van der Waals surface area contributed by atoms with Crippen molar-refractivity contribution in [2.45, 2.75) is 12.5 Å². The molecule has 2 heterocycles. The summed E-state index contributed by atoms with van der Waals surface area (Å²) in [6, 6.07) is 0.557. The molecule has 0 radical (unpaired) electrons. The maximum Gasteiger partial charge on any atom is 0.209 e. The minimum atomic E-state index is 0.252. The maximum absolute atomic E-state index is 10.6. The lowest BCUT2D eigenvalue weighted by Crippen LogP contribution is -2.51. The molecule has 0 aromatic heterocycles. The summed E-state index contributed by atoms with van der Waals surface area (Å²) in [5, 5.41) is 8.86. The van der Waals surface area contributed by atoms with Gasteiger partial charge in [0.25, 0.3) is 0 Å². The van der Waals surface area contributed by atoms with Crippen LogP contribution in [0.4, 0.5) is 0 Å². The van der Waals surface area contributed by atoms with Crippen molar-refractivity contribution in [2.24, 2.45) is 0 Å². The molecule has 0 spiro atoms. The van der Waals surface area contributed by atoms with E-state index in [9.17, 15) is 4.79 Å². The van der Waals surface area contributed by atoms with Crippen molar-refractivity contribution >= 4 is 6.41 Å². The fraction of sp³-hybridized carbons (Fsp3) is 0.909. The van der Waals surface area contributed by atoms with Gasteiger partial charge in [-0.25, -0.2) is 0 Å². The van der Waals surface area contributed by atoms with Gasteiger partial charge in [0.05, 0.1) is 6.61 Å². The van der Waals surface area contributed by atoms with Crippen molar-refractivity contribution < 1.29 is 9.90 Å². The van der Waals surface area contributed by atoms with E-state index in [0.717, 1.165) is 58.6 Å². The van der Waals surface area contributed by atoms with Crippen molar-refractivity contribution in [1.29, 1.82) is 0 Å². The van der Waals surface area contributed by atoms with Gasteiger partial charge in [-0.3, -0.25) is 14.6 Å². The van der Waals surface area contributed by atoms with Crippen LogP contribution >= 0.6 is 0 Å². The summed E-state index contributed by atoms with van der Waals surface area (Å²) in [4.78, 5) is 17.3. The second kappa shape index (κ2) is 5.61. The third-order valence-electron chi connectivity index (χ3n) is 3.68. The number of aliphatic hydroxyl groups excluding tert-OH is 1. The third kappa shape index (κ3) is 2.72. The van der Waals surface area contributed by atoms with Gasteiger partial charge in [-0.1, -0.05) is 0 Å². The van der Waals surface area contributed by atoms with Crippen molar-refractivity contribution in [3.8, 4) is 0 Å². The fourth-order valence-electron chi connectivity index (χ4n) is 2.66. The number of β-amino-alcohol motifs (C(OH)–C–C–N with tert-alkyl or cyclic N) is 1. The lowest BCUT2D eigenvalue weighted by Gasteiger charge is -2.37. The molecule has 5 heteroatoms. The molecule has 2 aliphatic rings. The second-order valence-electron chi connectivity index (χ2n) is 4.64. The summed E-state index contributed by atoms with van der Waals surface area (Å²) in [6.45, 7) is 7.06. The molecule has 1 atom stereocenters. The predicted molar refractivity (Wildman–Crippen MR) is 61.1 cm³/mol. The highest BCUT2D eigenvalue weighted by Crippen LogP contribution is 2.16. The Kier molecular flexibility index (Phi) is 4.15. The Morgan fingerprint density at radius 1 is 1.19 bits per heavy atom. The Labute approximate surface area is 96.6 Å². The lowest BCUT2D eigenvalue weighted by molar-refractivity contribution is -0.117. The highest BCUT2D eigenvalue weighted by molar-refractivity contribution is 5.47. The van der Waals surface area contributed by atoms with Gasteiger partial charge in [-0.2, -0.15) is 0 Å². The van der Waals surface area contributed by atoms with Crippen molar-refractivity contribution in [2.75, 3.05) is 52.4 Å². The minimum absolute atomic E-state index is 0.252. The number of hydrogen-bond donors (Lipinski definition) is 1. The Morgan fingerprint density at radius 2 is 1.94 bits per heavy atom. The van der Waals surface area contributed by atoms with E-state index in [1.54, 1.807) is 0 Å². The normalized spacial score (nSPS) is 28.6. The highest BCUT2D eigenvalue weighted by atomic mass is 16.3. The van der Waals surface area contributed by atoms with Crippen molar-refractivity contribution in [3.05, 3.63) is 0 Å². The molecule has 0 unspecified atom stereocenters. The first-order valence-corrected chi connectivity index (χ1v) is 6.10. The van der Waals surface area contributed by atoms with Crippen molar-refractivity contribution in [3.63, 3.8) is 0 Å². The van der Waals surface area contributed by atoms with Gasteiger partial charge in [0.2, 0.25) is 6.41 Å². The van der Waals surface area contributed by atoms with Gasteiger partial charge in [0, 0.05) is 51.9 Å². The van der Waals surface area contributed by atoms with Gasteiger partial charge in [-0.05, 0) is 6.42 Å². The number of carbonyl (C=O) groups is 1. The largest absolute Gasteiger partial charge is 0.395 e. The van der Waals surface area contributed by atoms with E-state index in [4.69, 9.17) is 5.11 Å². The van der Waals surface area contributed by atoms with Crippen LogP contribution in [0.1, 0.15) is 6.42 Å². The van der Waals surface area contributed by atoms with Crippen molar-refractivity contribution in [1.82, 2.24) is 14.7 Å². The van der Waals surface area contributed by atoms with Crippen LogP contribution in [-0.2, 0) is 4.79 Å². The molecule has 16 heavy (non-hydrogen) atoms. The lowest BCUT2D eigenvalue weighted by atomic mass is 10.2. The number of amides is 1. The molecule has 2 aliphatic heterocycles. The zero-order chi connectivity index (χ0) is 11.4. The third-order valence-corrected chi connectivity index (χ3v) is 3.68. The van der Waals surface area contributed by atoms with Crippen LogP contribution in [0, 0.1) is 0 Å². The second-order valence-corrected chi connectivity index (χ2v) is 4.64. The monoisotopic (exact) mass is 227 g/mol. The molecule has 0 aliphatic carbocycles. The van der Waals surface area contributed by atoms with Gasteiger partial charge >= 0.3 is 0 Å². The molecular formula is C11H21N3O2. The van der Waals surface area contributed by atoms with Gasteiger partial charge in [0.1, 0.15) is 0 Å². The molecular weight excluding hydrogens is 206 g/mol. The highest BCUT2D eigenvalue weighted by Gasteiger charge is 2.28. The first kappa shape index (κ1) is 11.8. The summed E-state index contributed by atoms with van der Waals surface area (Å²) < 4.78 is 0. The van der Waals surface area contributed by atoms with Crippen LogP contribution in [0.3, 0.4) is 0 Å². The summed E-state index contributed by atoms with van der Waals surface area (Å²) in [7, 11) is 0. The van der Waals surface area contributed by atoms with E-state index in [-0.39, 0.29) is 6.61 Å². The molecule has 2 rings (SSSR count). The van der Waals surface area contributed by atoms with E-state index < -0.39 is 0 Å². The fourth-order valence-corrected chi connectivity index (χ4v) is 2.66. The molecule has 1 amide bonds. The van der Waals surface area contributed by atoms with Gasteiger partial charge < -0.3 is 10.0 Å². The van der Waals surface area contributed by atoms with E-state index in [1.807, 2.05) is 4.90 Å². The SMILES string of the molecule is O=CN1CC[C@H](N2CCN(CCO)CC2)C1. The Bertz CT molecular complexity index is 229. The van der Waals surface area contributed by atoms with E-state index in [0.29, 0.717) is 6.04 Å². The number of aliphatic hydroxyl groups is 1. The quantitative estimate of drug-likeness (QED) is 0.615. The van der Waals surface area contributed by atoms with E-state index in [2.05, 4.69) is 9.80 Å². The van der Waals surface area contributed by atoms with Crippen LogP contribution in [0.25, 0.3) is 0 Å². The molecule has 2 saturated heterocycles. The number of likely N-dealkylation sites (tertiary alicyclic amines) is 1. The zero-order valence-electron chi connectivity index (χ0n) is 9.72. The minimum Gasteiger partial charge on any atom is -0.395 e. The van der Waals surface area contributed by atoms with Gasteiger partial charge in [-0.15, -0.1) is 0 Å². The van der Waals surface area contributed by atoms with Gasteiger partial charge in [0.15, 0.2) is 0 Å². The smallest absolute Gasteiger partial charge is 0.209 e. The Morgan fingerprint density at radius 3 is 2.50 bits per heavy atom. The average Bonchev–Trinajstić information content (AvgIpc) is 2.79.